The van der Waals surface area contributed by atoms with Crippen molar-refractivity contribution in [3.05, 3.63) is 21.9 Å². The number of carbonyl (C=O) groups excluding carboxylic acids is 1. The molecule has 1 saturated heterocycles. The highest BCUT2D eigenvalue weighted by molar-refractivity contribution is 7.13. The SMILES string of the molecule is Cc1ccc(C(=O)N2CCOC(C#N)C2)s1. The minimum Gasteiger partial charge on any atom is -0.360 e. The Bertz CT molecular complexity index is 435. The van der Waals surface area contributed by atoms with Crippen molar-refractivity contribution in [1.82, 2.24) is 4.90 Å². The fourth-order valence-corrected chi connectivity index (χ4v) is 2.45. The standard InChI is InChI=1S/C11H12N2O2S/c1-8-2-3-10(16-8)11(14)13-4-5-15-9(6-12)7-13/h2-3,9H,4-5,7H2,1H3. The zero-order valence-corrected chi connectivity index (χ0v) is 9.79. The number of ether oxygens (including phenoxy) is 1. The summed E-state index contributed by atoms with van der Waals surface area (Å²) in [6, 6.07) is 5.80. The number of amides is 1. The third kappa shape index (κ3) is 2.23. The first-order valence-corrected chi connectivity index (χ1v) is 5.89. The van der Waals surface area contributed by atoms with Gasteiger partial charge in [-0.15, -0.1) is 11.3 Å². The van der Waals surface area contributed by atoms with Gasteiger partial charge in [-0.05, 0) is 19.1 Å². The first-order chi connectivity index (χ1) is 7.70. The molecular formula is C11H12N2O2S. The summed E-state index contributed by atoms with van der Waals surface area (Å²) in [5.74, 6) is 0.00153. The van der Waals surface area contributed by atoms with E-state index < -0.39 is 6.10 Å². The van der Waals surface area contributed by atoms with Crippen LogP contribution in [0.5, 0.6) is 0 Å². The molecule has 4 nitrogen and oxygen atoms in total. The lowest BCUT2D eigenvalue weighted by Gasteiger charge is -2.29. The van der Waals surface area contributed by atoms with Crippen molar-refractivity contribution in [2.45, 2.75) is 13.0 Å². The first-order valence-electron chi connectivity index (χ1n) is 5.07. The second-order valence-corrected chi connectivity index (χ2v) is 4.94. The largest absolute Gasteiger partial charge is 0.360 e. The van der Waals surface area contributed by atoms with Crippen LogP contribution in [0.1, 0.15) is 14.5 Å². The van der Waals surface area contributed by atoms with Crippen molar-refractivity contribution in [1.29, 1.82) is 5.26 Å². The molecule has 1 aliphatic rings. The summed E-state index contributed by atoms with van der Waals surface area (Å²) < 4.78 is 5.20. The van der Waals surface area contributed by atoms with Gasteiger partial charge in [-0.3, -0.25) is 4.79 Å². The molecule has 0 aromatic carbocycles. The van der Waals surface area contributed by atoms with E-state index in [0.29, 0.717) is 19.7 Å². The van der Waals surface area contributed by atoms with Gasteiger partial charge in [-0.1, -0.05) is 0 Å². The van der Waals surface area contributed by atoms with Crippen LogP contribution in [0, 0.1) is 18.3 Å². The van der Waals surface area contributed by atoms with E-state index in [1.807, 2.05) is 25.1 Å². The van der Waals surface area contributed by atoms with Gasteiger partial charge in [0.2, 0.25) is 0 Å². The first kappa shape index (κ1) is 11.1. The van der Waals surface area contributed by atoms with Gasteiger partial charge in [0.25, 0.3) is 5.91 Å². The highest BCUT2D eigenvalue weighted by Gasteiger charge is 2.25. The molecule has 1 aliphatic heterocycles. The summed E-state index contributed by atoms with van der Waals surface area (Å²) in [6.07, 6.45) is -0.487. The molecule has 1 unspecified atom stereocenters. The number of aryl methyl sites for hydroxylation is 1. The Morgan fingerprint density at radius 2 is 2.50 bits per heavy atom. The van der Waals surface area contributed by atoms with Gasteiger partial charge in [0, 0.05) is 11.4 Å². The average Bonchev–Trinajstić information content (AvgIpc) is 2.75. The summed E-state index contributed by atoms with van der Waals surface area (Å²) in [5, 5.41) is 8.75. The van der Waals surface area contributed by atoms with Crippen molar-refractivity contribution < 1.29 is 9.53 Å². The third-order valence-electron chi connectivity index (χ3n) is 2.45. The van der Waals surface area contributed by atoms with Crippen LogP contribution < -0.4 is 0 Å². The molecule has 1 aromatic heterocycles. The number of morpholine rings is 1. The van der Waals surface area contributed by atoms with Crippen molar-refractivity contribution in [3.8, 4) is 6.07 Å². The number of thiophene rings is 1. The number of hydrogen-bond donors (Lipinski definition) is 0. The molecule has 16 heavy (non-hydrogen) atoms. The van der Waals surface area contributed by atoms with Crippen LogP contribution in [0.15, 0.2) is 12.1 Å². The molecule has 1 aromatic rings. The Balaban J connectivity index is 2.08. The molecule has 5 heteroatoms. The quantitative estimate of drug-likeness (QED) is 0.741. The van der Waals surface area contributed by atoms with E-state index in [9.17, 15) is 4.79 Å². The van der Waals surface area contributed by atoms with Gasteiger partial charge in [-0.25, -0.2) is 0 Å². The van der Waals surface area contributed by atoms with Crippen molar-refractivity contribution >= 4 is 17.2 Å². The van der Waals surface area contributed by atoms with Gasteiger partial charge in [0.15, 0.2) is 6.10 Å². The molecule has 1 fully saturated rings. The van der Waals surface area contributed by atoms with Crippen LogP contribution in [0.3, 0.4) is 0 Å². The molecular weight excluding hydrogens is 224 g/mol. The Hall–Kier alpha value is -1.38. The third-order valence-corrected chi connectivity index (χ3v) is 3.44. The average molecular weight is 236 g/mol. The van der Waals surface area contributed by atoms with E-state index in [0.717, 1.165) is 9.75 Å². The Labute approximate surface area is 98.0 Å². The maximum absolute atomic E-state index is 12.0. The maximum Gasteiger partial charge on any atom is 0.264 e. The zero-order valence-electron chi connectivity index (χ0n) is 8.97. The predicted molar refractivity (Wildman–Crippen MR) is 60.3 cm³/mol. The zero-order chi connectivity index (χ0) is 11.5. The van der Waals surface area contributed by atoms with Crippen molar-refractivity contribution in [2.75, 3.05) is 19.7 Å². The molecule has 0 saturated carbocycles. The lowest BCUT2D eigenvalue weighted by Crippen LogP contribution is -2.44. The second-order valence-electron chi connectivity index (χ2n) is 3.65. The highest BCUT2D eigenvalue weighted by Crippen LogP contribution is 2.18. The topological polar surface area (TPSA) is 53.3 Å². The monoisotopic (exact) mass is 236 g/mol. The van der Waals surface area contributed by atoms with Gasteiger partial charge in [-0.2, -0.15) is 5.26 Å². The molecule has 84 valence electrons. The van der Waals surface area contributed by atoms with Crippen LogP contribution in [0.4, 0.5) is 0 Å². The second kappa shape index (κ2) is 4.64. The number of hydrogen-bond acceptors (Lipinski definition) is 4. The van der Waals surface area contributed by atoms with E-state index >= 15 is 0 Å². The maximum atomic E-state index is 12.0. The summed E-state index contributed by atoms with van der Waals surface area (Å²) >= 11 is 1.48. The normalized spacial score (nSPS) is 20.5. The van der Waals surface area contributed by atoms with Gasteiger partial charge < -0.3 is 9.64 Å². The lowest BCUT2D eigenvalue weighted by atomic mass is 10.2. The highest BCUT2D eigenvalue weighted by atomic mass is 32.1. The van der Waals surface area contributed by atoms with Gasteiger partial charge >= 0.3 is 0 Å². The van der Waals surface area contributed by atoms with Gasteiger partial charge in [0.1, 0.15) is 0 Å². The summed E-state index contributed by atoms with van der Waals surface area (Å²) in [6.45, 7) is 3.34. The summed E-state index contributed by atoms with van der Waals surface area (Å²) in [5.41, 5.74) is 0. The summed E-state index contributed by atoms with van der Waals surface area (Å²) in [4.78, 5) is 15.6. The minimum absolute atomic E-state index is 0.00153. The van der Waals surface area contributed by atoms with Crippen LogP contribution in [-0.2, 0) is 4.74 Å². The Morgan fingerprint density at radius 1 is 1.69 bits per heavy atom. The molecule has 0 bridgehead atoms. The van der Waals surface area contributed by atoms with Crippen LogP contribution in [-0.4, -0.2) is 36.6 Å². The van der Waals surface area contributed by atoms with E-state index in [-0.39, 0.29) is 5.91 Å². The van der Waals surface area contributed by atoms with E-state index in [1.165, 1.54) is 11.3 Å². The number of rotatable bonds is 1. The molecule has 0 spiro atoms. The summed E-state index contributed by atoms with van der Waals surface area (Å²) in [7, 11) is 0. The van der Waals surface area contributed by atoms with Crippen LogP contribution in [0.25, 0.3) is 0 Å². The molecule has 2 rings (SSSR count). The van der Waals surface area contributed by atoms with Gasteiger partial charge in [0.05, 0.1) is 24.1 Å². The molecule has 1 amide bonds. The van der Waals surface area contributed by atoms with Crippen molar-refractivity contribution in [2.24, 2.45) is 0 Å². The molecule has 0 aliphatic carbocycles. The molecule has 0 N–H and O–H groups in total. The Kier molecular flexibility index (Phi) is 3.22. The lowest BCUT2D eigenvalue weighted by molar-refractivity contribution is 0.00369. The Morgan fingerprint density at radius 3 is 3.12 bits per heavy atom. The van der Waals surface area contributed by atoms with E-state index in [1.54, 1.807) is 4.90 Å². The molecule has 0 radical (unpaired) electrons. The predicted octanol–water partition coefficient (Wildman–Crippen LogP) is 1.42. The van der Waals surface area contributed by atoms with Crippen LogP contribution >= 0.6 is 11.3 Å². The minimum atomic E-state index is -0.487. The smallest absolute Gasteiger partial charge is 0.264 e. The van der Waals surface area contributed by atoms with E-state index in [4.69, 9.17) is 10.00 Å². The fraction of sp³-hybridized carbons (Fsp3) is 0.455. The molecule has 2 heterocycles. The number of carbonyl (C=O) groups is 1. The van der Waals surface area contributed by atoms with E-state index in [2.05, 4.69) is 0 Å². The fourth-order valence-electron chi connectivity index (χ4n) is 1.62. The number of nitrogens with zero attached hydrogens (tertiary/aromatic N) is 2. The number of nitriles is 1. The molecule has 1 atom stereocenters. The van der Waals surface area contributed by atoms with Crippen LogP contribution in [0.2, 0.25) is 0 Å². The van der Waals surface area contributed by atoms with Crippen molar-refractivity contribution in [3.63, 3.8) is 0 Å².